The van der Waals surface area contributed by atoms with E-state index in [1.807, 2.05) is 6.66 Å². The van der Waals surface area contributed by atoms with Gasteiger partial charge in [-0.1, -0.05) is 0 Å². The fraction of sp³-hybridized carbons (Fsp3) is 0.667. The predicted molar refractivity (Wildman–Crippen MR) is 43.8 cm³/mol. The van der Waals surface area contributed by atoms with E-state index in [9.17, 15) is 4.79 Å². The number of amides is 2. The molecule has 0 heterocycles. The molecule has 0 spiro atoms. The fourth-order valence-corrected chi connectivity index (χ4v) is 0.589. The number of carbonyl (C=O) groups is 1. The Labute approximate surface area is 62.9 Å². The molecular weight excluding hydrogens is 147 g/mol. The van der Waals surface area contributed by atoms with Crippen molar-refractivity contribution in [2.45, 2.75) is 0 Å². The van der Waals surface area contributed by atoms with Crippen LogP contribution >= 0.6 is 8.04 Å². The van der Waals surface area contributed by atoms with Crippen molar-refractivity contribution < 1.29 is 4.79 Å². The molecule has 0 radical (unpaired) electrons. The minimum atomic E-state index is -0.0730. The van der Waals surface area contributed by atoms with Crippen LogP contribution in [-0.2, 0) is 0 Å². The number of hydrogen-bond acceptors (Lipinski definition) is 1. The van der Waals surface area contributed by atoms with Crippen LogP contribution in [0.25, 0.3) is 0 Å². The van der Waals surface area contributed by atoms with E-state index in [0.29, 0.717) is 6.54 Å². The van der Waals surface area contributed by atoms with E-state index in [-0.39, 0.29) is 6.03 Å². The molecule has 0 aliphatic rings. The monoisotopic (exact) mass is 159 g/mol. The van der Waals surface area contributed by atoms with Gasteiger partial charge in [0.05, 0.1) is 0 Å². The second-order valence-corrected chi connectivity index (χ2v) is 2.70. The molecule has 0 saturated carbocycles. The zero-order chi connectivity index (χ0) is 7.98. The molecule has 0 bridgehead atoms. The van der Waals surface area contributed by atoms with Crippen molar-refractivity contribution in [3.05, 3.63) is 0 Å². The Morgan fingerprint density at radius 2 is 2.30 bits per heavy atom. The van der Waals surface area contributed by atoms with Crippen molar-refractivity contribution >= 4 is 14.1 Å². The molecule has 4 heteroatoms. The van der Waals surface area contributed by atoms with E-state index in [0.717, 1.165) is 8.04 Å². The van der Waals surface area contributed by atoms with Crippen LogP contribution in [0.5, 0.6) is 0 Å². The maximum absolute atomic E-state index is 10.8. The summed E-state index contributed by atoms with van der Waals surface area (Å²) in [7, 11) is 4.48. The minimum absolute atomic E-state index is 0.0730. The molecule has 0 atom stereocenters. The standard InChI is InChI=1S/C6H11N2OP/c1-8(2)6(9)7-4-5-10-3/h4H2,1-3H3/p+1. The van der Waals surface area contributed by atoms with E-state index in [1.54, 1.807) is 14.1 Å². The third kappa shape index (κ3) is 4.37. The van der Waals surface area contributed by atoms with Gasteiger partial charge >= 0.3 is 62.0 Å². The summed E-state index contributed by atoms with van der Waals surface area (Å²) in [6.45, 7) is 2.48. The van der Waals surface area contributed by atoms with Crippen LogP contribution in [0.2, 0.25) is 0 Å². The summed E-state index contributed by atoms with van der Waals surface area (Å²) >= 11 is 0. The van der Waals surface area contributed by atoms with Crippen LogP contribution in [-0.4, -0.2) is 38.2 Å². The van der Waals surface area contributed by atoms with Crippen molar-refractivity contribution in [1.29, 1.82) is 0 Å². The summed E-state index contributed by atoms with van der Waals surface area (Å²) in [6, 6.07) is -0.0730. The van der Waals surface area contributed by atoms with E-state index in [2.05, 4.69) is 10.9 Å². The molecule has 0 unspecified atom stereocenters. The molecule has 3 nitrogen and oxygen atoms in total. The first-order valence-electron chi connectivity index (χ1n) is 2.95. The molecule has 0 saturated heterocycles. The molecule has 10 heavy (non-hydrogen) atoms. The van der Waals surface area contributed by atoms with Gasteiger partial charge in [-0.05, 0) is 0 Å². The molecule has 0 aromatic heterocycles. The summed E-state index contributed by atoms with van der Waals surface area (Å²) in [4.78, 5) is 12.3. The molecule has 0 aliphatic carbocycles. The normalized spacial score (nSPS) is 7.90. The number of nitrogens with one attached hydrogen (secondary N) is 1. The summed E-state index contributed by atoms with van der Waals surface area (Å²) < 4.78 is 0. The van der Waals surface area contributed by atoms with Gasteiger partial charge in [0.15, 0.2) is 0 Å². The second-order valence-electron chi connectivity index (χ2n) is 1.93. The molecular formula is C6H12N2OP+. The predicted octanol–water partition coefficient (Wildman–Crippen LogP) is 0.793. The SMILES string of the molecule is C[P+]#CCNC(=O)N(C)C. The van der Waals surface area contributed by atoms with E-state index < -0.39 is 0 Å². The first-order chi connectivity index (χ1) is 4.68. The van der Waals surface area contributed by atoms with Crippen molar-refractivity contribution in [1.82, 2.24) is 10.2 Å². The summed E-state index contributed by atoms with van der Waals surface area (Å²) in [5.41, 5.74) is 2.95. The van der Waals surface area contributed by atoms with Crippen LogP contribution in [0.15, 0.2) is 0 Å². The van der Waals surface area contributed by atoms with Gasteiger partial charge in [0.2, 0.25) is 0 Å². The van der Waals surface area contributed by atoms with Gasteiger partial charge in [-0.15, -0.1) is 0 Å². The Hall–Kier alpha value is -0.520. The molecule has 0 aromatic rings. The Balaban J connectivity index is 3.47. The number of rotatable bonds is 1. The van der Waals surface area contributed by atoms with Crippen molar-refractivity contribution in [3.63, 3.8) is 0 Å². The van der Waals surface area contributed by atoms with Gasteiger partial charge in [-0.25, -0.2) is 0 Å². The third-order valence-corrected chi connectivity index (χ3v) is 1.36. The van der Waals surface area contributed by atoms with Crippen molar-refractivity contribution in [2.75, 3.05) is 27.3 Å². The third-order valence-electron chi connectivity index (χ3n) is 0.883. The topological polar surface area (TPSA) is 32.3 Å². The van der Waals surface area contributed by atoms with E-state index >= 15 is 0 Å². The molecule has 0 fully saturated rings. The van der Waals surface area contributed by atoms with E-state index in [1.165, 1.54) is 4.90 Å². The first-order valence-corrected chi connectivity index (χ1v) is 4.29. The molecule has 1 N–H and O–H groups in total. The second kappa shape index (κ2) is 5.28. The Morgan fingerprint density at radius 1 is 1.70 bits per heavy atom. The van der Waals surface area contributed by atoms with Gasteiger partial charge in [0.25, 0.3) is 0 Å². The Morgan fingerprint density at radius 3 is 2.70 bits per heavy atom. The number of urea groups is 1. The number of carbonyl (C=O) groups excluding carboxylic acids is 1. The number of hydrogen-bond donors (Lipinski definition) is 1. The van der Waals surface area contributed by atoms with E-state index in [4.69, 9.17) is 0 Å². The summed E-state index contributed by atoms with van der Waals surface area (Å²) in [5, 5.41) is 2.65. The van der Waals surface area contributed by atoms with Gasteiger partial charge in [-0.2, -0.15) is 0 Å². The molecule has 56 valence electrons. The average Bonchev–Trinajstić information content (AvgIpc) is 1.88. The van der Waals surface area contributed by atoms with Crippen LogP contribution in [0.3, 0.4) is 0 Å². The maximum atomic E-state index is 10.8. The van der Waals surface area contributed by atoms with Gasteiger partial charge in [0, 0.05) is 0 Å². The fourth-order valence-electron chi connectivity index (χ4n) is 0.352. The first kappa shape index (κ1) is 9.48. The Kier molecular flexibility index (Phi) is 5.00. The summed E-state index contributed by atoms with van der Waals surface area (Å²) in [5.74, 6) is 0. The zero-order valence-electron chi connectivity index (χ0n) is 6.51. The Bertz CT molecular complexity index is 168. The average molecular weight is 159 g/mol. The van der Waals surface area contributed by atoms with Crippen LogP contribution < -0.4 is 5.32 Å². The van der Waals surface area contributed by atoms with Crippen molar-refractivity contribution in [3.8, 4) is 5.63 Å². The molecule has 2 amide bonds. The quantitative estimate of drug-likeness (QED) is 0.564. The number of nitrogens with zero attached hydrogens (tertiary/aromatic N) is 1. The zero-order valence-corrected chi connectivity index (χ0v) is 7.40. The van der Waals surface area contributed by atoms with Crippen LogP contribution in [0.4, 0.5) is 4.79 Å². The van der Waals surface area contributed by atoms with Gasteiger partial charge in [-0.3, -0.25) is 0 Å². The van der Waals surface area contributed by atoms with Crippen molar-refractivity contribution in [2.24, 2.45) is 0 Å². The molecule has 0 aromatic carbocycles. The van der Waals surface area contributed by atoms with Gasteiger partial charge < -0.3 is 0 Å². The molecule has 0 rings (SSSR count). The van der Waals surface area contributed by atoms with Crippen LogP contribution in [0.1, 0.15) is 0 Å². The molecule has 0 aliphatic heterocycles. The van der Waals surface area contributed by atoms with Crippen LogP contribution in [0, 0.1) is 5.63 Å². The van der Waals surface area contributed by atoms with Gasteiger partial charge in [0.1, 0.15) is 0 Å². The summed E-state index contributed by atoms with van der Waals surface area (Å²) in [6.07, 6.45) is 0.